The van der Waals surface area contributed by atoms with Gasteiger partial charge in [0.2, 0.25) is 5.91 Å². The molecule has 1 aliphatic rings. The van der Waals surface area contributed by atoms with Gasteiger partial charge in [-0.05, 0) is 30.7 Å². The standard InChI is InChI=1S/C20H23N5O/c1-15(16-5-4-8-21-13-16)20(26)25-11-9-24(10-12-25)14-19-22-17-6-2-3-7-18(17)23-19/h2-8,13,15H,9-12,14H2,1H3,(H,22,23). The first-order valence-electron chi connectivity index (χ1n) is 9.05. The molecule has 1 fully saturated rings. The van der Waals surface area contributed by atoms with Crippen LogP contribution < -0.4 is 0 Å². The molecule has 1 unspecified atom stereocenters. The van der Waals surface area contributed by atoms with Crippen molar-refractivity contribution in [3.8, 4) is 0 Å². The fourth-order valence-corrected chi connectivity index (χ4v) is 3.47. The van der Waals surface area contributed by atoms with Crippen molar-refractivity contribution in [2.45, 2.75) is 19.4 Å². The van der Waals surface area contributed by atoms with E-state index in [0.717, 1.165) is 55.1 Å². The minimum Gasteiger partial charge on any atom is -0.341 e. The van der Waals surface area contributed by atoms with Crippen LogP contribution in [0.1, 0.15) is 24.2 Å². The molecule has 134 valence electrons. The number of piperazine rings is 1. The summed E-state index contributed by atoms with van der Waals surface area (Å²) in [6, 6.07) is 11.9. The van der Waals surface area contributed by atoms with Crippen molar-refractivity contribution >= 4 is 16.9 Å². The Morgan fingerprint density at radius 1 is 1.15 bits per heavy atom. The Bertz CT molecular complexity index is 850. The van der Waals surface area contributed by atoms with Gasteiger partial charge in [0.25, 0.3) is 0 Å². The number of carbonyl (C=O) groups is 1. The molecule has 1 atom stereocenters. The zero-order valence-electron chi connectivity index (χ0n) is 14.9. The molecule has 0 aliphatic carbocycles. The van der Waals surface area contributed by atoms with Gasteiger partial charge in [0.15, 0.2) is 0 Å². The highest BCUT2D eigenvalue weighted by atomic mass is 16.2. The highest BCUT2D eigenvalue weighted by molar-refractivity contribution is 5.83. The fraction of sp³-hybridized carbons (Fsp3) is 0.350. The Kier molecular flexibility index (Phi) is 4.67. The summed E-state index contributed by atoms with van der Waals surface area (Å²) in [6.07, 6.45) is 3.51. The predicted molar refractivity (Wildman–Crippen MR) is 101 cm³/mol. The maximum absolute atomic E-state index is 12.7. The molecule has 1 N–H and O–H groups in total. The van der Waals surface area contributed by atoms with Crippen LogP contribution >= 0.6 is 0 Å². The van der Waals surface area contributed by atoms with Crippen molar-refractivity contribution in [2.75, 3.05) is 26.2 Å². The lowest BCUT2D eigenvalue weighted by Gasteiger charge is -2.35. The van der Waals surface area contributed by atoms with Crippen molar-refractivity contribution in [2.24, 2.45) is 0 Å². The molecule has 0 saturated carbocycles. The van der Waals surface area contributed by atoms with E-state index in [4.69, 9.17) is 0 Å². The summed E-state index contributed by atoms with van der Waals surface area (Å²) in [4.78, 5) is 29.2. The zero-order chi connectivity index (χ0) is 17.9. The van der Waals surface area contributed by atoms with Gasteiger partial charge < -0.3 is 9.88 Å². The molecule has 3 heterocycles. The van der Waals surface area contributed by atoms with Crippen LogP contribution in [0.4, 0.5) is 0 Å². The first-order chi connectivity index (χ1) is 12.7. The minimum absolute atomic E-state index is 0.148. The molecule has 6 heteroatoms. The largest absolute Gasteiger partial charge is 0.341 e. The average molecular weight is 349 g/mol. The van der Waals surface area contributed by atoms with Crippen molar-refractivity contribution in [3.05, 3.63) is 60.2 Å². The fourth-order valence-electron chi connectivity index (χ4n) is 3.47. The SMILES string of the molecule is CC(C(=O)N1CCN(Cc2nc3ccccc3[nH]2)CC1)c1cccnc1. The van der Waals surface area contributed by atoms with Crippen LogP contribution in [-0.2, 0) is 11.3 Å². The number of H-pyrrole nitrogens is 1. The Morgan fingerprint density at radius 3 is 2.69 bits per heavy atom. The van der Waals surface area contributed by atoms with E-state index < -0.39 is 0 Å². The van der Waals surface area contributed by atoms with Crippen molar-refractivity contribution in [1.82, 2.24) is 24.8 Å². The number of hydrogen-bond acceptors (Lipinski definition) is 4. The number of aromatic amines is 1. The molecule has 0 radical (unpaired) electrons. The van der Waals surface area contributed by atoms with Crippen LogP contribution in [0.25, 0.3) is 11.0 Å². The normalized spacial score (nSPS) is 16.7. The number of pyridine rings is 1. The van der Waals surface area contributed by atoms with Gasteiger partial charge in [-0.15, -0.1) is 0 Å². The summed E-state index contributed by atoms with van der Waals surface area (Å²) in [7, 11) is 0. The average Bonchev–Trinajstić information content (AvgIpc) is 3.10. The van der Waals surface area contributed by atoms with Crippen LogP contribution in [0.3, 0.4) is 0 Å². The molecule has 4 rings (SSSR count). The van der Waals surface area contributed by atoms with E-state index in [0.29, 0.717) is 0 Å². The van der Waals surface area contributed by atoms with Crippen LogP contribution in [0.5, 0.6) is 0 Å². The molecule has 1 aromatic carbocycles. The molecule has 1 saturated heterocycles. The van der Waals surface area contributed by atoms with Crippen LogP contribution in [0.2, 0.25) is 0 Å². The summed E-state index contributed by atoms with van der Waals surface area (Å²) >= 11 is 0. The number of nitrogens with one attached hydrogen (secondary N) is 1. The second-order valence-electron chi connectivity index (χ2n) is 6.81. The molecule has 0 spiro atoms. The molecule has 1 amide bonds. The maximum Gasteiger partial charge on any atom is 0.229 e. The quantitative estimate of drug-likeness (QED) is 0.786. The first kappa shape index (κ1) is 16.7. The second kappa shape index (κ2) is 7.25. The summed E-state index contributed by atoms with van der Waals surface area (Å²) in [6.45, 7) is 5.98. The molecular formula is C20H23N5O. The van der Waals surface area contributed by atoms with Gasteiger partial charge in [0.1, 0.15) is 5.82 Å². The van der Waals surface area contributed by atoms with Gasteiger partial charge in [0.05, 0.1) is 23.5 Å². The van der Waals surface area contributed by atoms with E-state index >= 15 is 0 Å². The molecule has 26 heavy (non-hydrogen) atoms. The first-order valence-corrected chi connectivity index (χ1v) is 9.05. The summed E-state index contributed by atoms with van der Waals surface area (Å²) in [5.41, 5.74) is 3.05. The smallest absolute Gasteiger partial charge is 0.229 e. The third-order valence-corrected chi connectivity index (χ3v) is 5.05. The summed E-state index contributed by atoms with van der Waals surface area (Å²) in [5.74, 6) is 1.02. The van der Waals surface area contributed by atoms with Gasteiger partial charge in [-0.3, -0.25) is 14.7 Å². The lowest BCUT2D eigenvalue weighted by atomic mass is 10.0. The van der Waals surface area contributed by atoms with E-state index in [9.17, 15) is 4.79 Å². The third-order valence-electron chi connectivity index (χ3n) is 5.05. The van der Waals surface area contributed by atoms with E-state index in [1.165, 1.54) is 0 Å². The molecule has 3 aromatic rings. The third kappa shape index (κ3) is 3.46. The number of fused-ring (bicyclic) bond motifs is 1. The predicted octanol–water partition coefficient (Wildman–Crippen LogP) is 2.41. The van der Waals surface area contributed by atoms with Gasteiger partial charge in [-0.25, -0.2) is 4.98 Å². The molecule has 0 bridgehead atoms. The highest BCUT2D eigenvalue weighted by Gasteiger charge is 2.26. The Labute approximate surface area is 152 Å². The zero-order valence-corrected chi connectivity index (χ0v) is 14.9. The van der Waals surface area contributed by atoms with E-state index in [-0.39, 0.29) is 11.8 Å². The van der Waals surface area contributed by atoms with Gasteiger partial charge in [-0.2, -0.15) is 0 Å². The van der Waals surface area contributed by atoms with E-state index in [2.05, 4.69) is 19.9 Å². The van der Waals surface area contributed by atoms with Crippen molar-refractivity contribution < 1.29 is 4.79 Å². The summed E-state index contributed by atoms with van der Waals surface area (Å²) in [5, 5.41) is 0. The molecular weight excluding hydrogens is 326 g/mol. The van der Waals surface area contributed by atoms with Crippen LogP contribution in [0.15, 0.2) is 48.8 Å². The molecule has 2 aromatic heterocycles. The Morgan fingerprint density at radius 2 is 1.96 bits per heavy atom. The van der Waals surface area contributed by atoms with Crippen LogP contribution in [-0.4, -0.2) is 56.8 Å². The number of amides is 1. The Hall–Kier alpha value is -2.73. The number of aromatic nitrogens is 3. The van der Waals surface area contributed by atoms with E-state index in [1.807, 2.05) is 48.2 Å². The second-order valence-corrected chi connectivity index (χ2v) is 6.81. The van der Waals surface area contributed by atoms with Crippen LogP contribution in [0, 0.1) is 0 Å². The van der Waals surface area contributed by atoms with Gasteiger partial charge >= 0.3 is 0 Å². The molecule has 1 aliphatic heterocycles. The number of hydrogen-bond donors (Lipinski definition) is 1. The maximum atomic E-state index is 12.7. The minimum atomic E-state index is -0.148. The molecule has 6 nitrogen and oxygen atoms in total. The monoisotopic (exact) mass is 349 g/mol. The number of para-hydroxylation sites is 2. The number of rotatable bonds is 4. The van der Waals surface area contributed by atoms with E-state index in [1.54, 1.807) is 12.4 Å². The van der Waals surface area contributed by atoms with Gasteiger partial charge in [0, 0.05) is 38.6 Å². The number of imidazole rings is 1. The lowest BCUT2D eigenvalue weighted by molar-refractivity contribution is -0.134. The van der Waals surface area contributed by atoms with Gasteiger partial charge in [-0.1, -0.05) is 18.2 Å². The van der Waals surface area contributed by atoms with Crippen molar-refractivity contribution in [1.29, 1.82) is 0 Å². The Balaban J connectivity index is 1.34. The topological polar surface area (TPSA) is 65.1 Å². The van der Waals surface area contributed by atoms with Crippen molar-refractivity contribution in [3.63, 3.8) is 0 Å². The lowest BCUT2D eigenvalue weighted by Crippen LogP contribution is -2.49. The summed E-state index contributed by atoms with van der Waals surface area (Å²) < 4.78 is 0. The number of benzene rings is 1. The highest BCUT2D eigenvalue weighted by Crippen LogP contribution is 2.19. The number of carbonyl (C=O) groups excluding carboxylic acids is 1. The number of nitrogens with zero attached hydrogens (tertiary/aromatic N) is 4.